The fourth-order valence-electron chi connectivity index (χ4n) is 4.87. The molecule has 6 nitrogen and oxygen atoms in total. The minimum atomic E-state index is -0.486. The number of ether oxygens (including phenoxy) is 2. The Morgan fingerprint density at radius 2 is 1.84 bits per heavy atom. The van der Waals surface area contributed by atoms with Crippen LogP contribution in [0.1, 0.15) is 45.6 Å². The summed E-state index contributed by atoms with van der Waals surface area (Å²) < 4.78 is 11.9. The largest absolute Gasteiger partial charge is 0.496 e. The third-order valence-electron chi connectivity index (χ3n) is 6.87. The molecule has 2 N–H and O–H groups in total. The van der Waals surface area contributed by atoms with Crippen LogP contribution in [0.4, 0.5) is 0 Å². The van der Waals surface area contributed by atoms with E-state index >= 15 is 0 Å². The molecule has 0 radical (unpaired) electrons. The molecule has 4 rings (SSSR count). The molecule has 2 atom stereocenters. The summed E-state index contributed by atoms with van der Waals surface area (Å²) in [6, 6.07) is 9.42. The van der Waals surface area contributed by atoms with Crippen LogP contribution in [0.5, 0.6) is 11.5 Å². The third kappa shape index (κ3) is 3.79. The van der Waals surface area contributed by atoms with Crippen molar-refractivity contribution in [3.63, 3.8) is 0 Å². The molecule has 166 valence electrons. The SMILES string of the molecule is COc1ccccc1C(=O)N1CCN(CC2(C)Oc3c(C)c(C)cc(C)c3C2N)CC1. The maximum Gasteiger partial charge on any atom is 0.257 e. The Hall–Kier alpha value is -2.57. The minimum absolute atomic E-state index is 0.0197. The van der Waals surface area contributed by atoms with Gasteiger partial charge >= 0.3 is 0 Å². The van der Waals surface area contributed by atoms with Crippen molar-refractivity contribution in [2.45, 2.75) is 39.3 Å². The van der Waals surface area contributed by atoms with Crippen molar-refractivity contribution >= 4 is 5.91 Å². The molecule has 0 bridgehead atoms. The summed E-state index contributed by atoms with van der Waals surface area (Å²) in [5.41, 5.74) is 11.6. The van der Waals surface area contributed by atoms with E-state index in [0.717, 1.165) is 30.9 Å². The Morgan fingerprint density at radius 1 is 1.16 bits per heavy atom. The average molecular weight is 424 g/mol. The topological polar surface area (TPSA) is 68.0 Å². The number of carbonyl (C=O) groups is 1. The number of nitrogens with zero attached hydrogens (tertiary/aromatic N) is 2. The normalized spacial score (nSPS) is 23.4. The zero-order valence-electron chi connectivity index (χ0n) is 19.2. The number of nitrogens with two attached hydrogens (primary N) is 1. The number of piperazine rings is 1. The zero-order chi connectivity index (χ0) is 22.3. The Labute approximate surface area is 184 Å². The van der Waals surface area contributed by atoms with Gasteiger partial charge in [0, 0.05) is 38.3 Å². The fraction of sp³-hybridized carbons (Fsp3) is 0.480. The summed E-state index contributed by atoms with van der Waals surface area (Å²) in [5, 5.41) is 0. The van der Waals surface area contributed by atoms with E-state index in [1.807, 2.05) is 29.2 Å². The summed E-state index contributed by atoms with van der Waals surface area (Å²) in [6.07, 6.45) is 0. The van der Waals surface area contributed by atoms with Crippen LogP contribution >= 0.6 is 0 Å². The molecular weight excluding hydrogens is 390 g/mol. The molecule has 0 saturated carbocycles. The molecule has 31 heavy (non-hydrogen) atoms. The van der Waals surface area contributed by atoms with Gasteiger partial charge in [0.25, 0.3) is 5.91 Å². The van der Waals surface area contributed by atoms with Gasteiger partial charge in [-0.1, -0.05) is 18.2 Å². The van der Waals surface area contributed by atoms with E-state index in [9.17, 15) is 4.79 Å². The van der Waals surface area contributed by atoms with Crippen molar-refractivity contribution in [2.24, 2.45) is 5.73 Å². The Kier molecular flexibility index (Phi) is 5.71. The predicted octanol–water partition coefficient (Wildman–Crippen LogP) is 3.23. The maximum atomic E-state index is 13.0. The summed E-state index contributed by atoms with van der Waals surface area (Å²) >= 11 is 0. The number of para-hydroxylation sites is 1. The number of carbonyl (C=O) groups excluding carboxylic acids is 1. The quantitative estimate of drug-likeness (QED) is 0.818. The number of rotatable bonds is 4. The molecule has 1 fully saturated rings. The van der Waals surface area contributed by atoms with Crippen LogP contribution in [-0.4, -0.2) is 61.1 Å². The minimum Gasteiger partial charge on any atom is -0.496 e. The molecular formula is C25H33N3O3. The number of amides is 1. The highest BCUT2D eigenvalue weighted by atomic mass is 16.5. The van der Waals surface area contributed by atoms with Gasteiger partial charge in [-0.05, 0) is 56.5 Å². The van der Waals surface area contributed by atoms with Gasteiger partial charge in [0.05, 0.1) is 18.7 Å². The van der Waals surface area contributed by atoms with Crippen LogP contribution in [0.2, 0.25) is 0 Å². The first-order chi connectivity index (χ1) is 14.7. The van der Waals surface area contributed by atoms with Gasteiger partial charge in [0.2, 0.25) is 0 Å². The van der Waals surface area contributed by atoms with E-state index in [2.05, 4.69) is 38.7 Å². The Morgan fingerprint density at radius 3 is 2.52 bits per heavy atom. The second-order valence-corrected chi connectivity index (χ2v) is 9.04. The van der Waals surface area contributed by atoms with E-state index in [1.165, 1.54) is 16.7 Å². The number of aryl methyl sites for hydroxylation is 2. The zero-order valence-corrected chi connectivity index (χ0v) is 19.2. The van der Waals surface area contributed by atoms with Gasteiger partial charge < -0.3 is 20.1 Å². The molecule has 2 aliphatic rings. The van der Waals surface area contributed by atoms with E-state index < -0.39 is 5.60 Å². The van der Waals surface area contributed by atoms with E-state index in [1.54, 1.807) is 7.11 Å². The number of methoxy groups -OCH3 is 1. The Bertz CT molecular complexity index is 998. The molecule has 2 aromatic rings. The van der Waals surface area contributed by atoms with Crippen molar-refractivity contribution in [3.8, 4) is 11.5 Å². The second-order valence-electron chi connectivity index (χ2n) is 9.04. The van der Waals surface area contributed by atoms with Gasteiger partial charge in [0.1, 0.15) is 17.1 Å². The van der Waals surface area contributed by atoms with Crippen molar-refractivity contribution in [3.05, 3.63) is 58.1 Å². The summed E-state index contributed by atoms with van der Waals surface area (Å²) in [7, 11) is 1.60. The number of fused-ring (bicyclic) bond motifs is 1. The molecule has 1 saturated heterocycles. The number of benzene rings is 2. The summed E-state index contributed by atoms with van der Waals surface area (Å²) in [6.45, 7) is 12.1. The standard InChI is InChI=1S/C25H33N3O3/c1-16-14-17(2)21-22(18(16)3)31-25(4,23(21)26)15-27-10-12-28(13-11-27)24(29)19-8-6-7-9-20(19)30-5/h6-9,14,23H,10-13,15,26H2,1-5H3. The van der Waals surface area contributed by atoms with Crippen LogP contribution in [0.3, 0.4) is 0 Å². The fourth-order valence-corrected chi connectivity index (χ4v) is 4.87. The van der Waals surface area contributed by atoms with Crippen LogP contribution in [-0.2, 0) is 0 Å². The molecule has 2 heterocycles. The number of hydrogen-bond donors (Lipinski definition) is 1. The molecule has 1 amide bonds. The number of hydrogen-bond acceptors (Lipinski definition) is 5. The van der Waals surface area contributed by atoms with Crippen molar-refractivity contribution in [2.75, 3.05) is 39.8 Å². The van der Waals surface area contributed by atoms with E-state index in [0.29, 0.717) is 24.4 Å². The maximum absolute atomic E-state index is 13.0. The lowest BCUT2D eigenvalue weighted by atomic mass is 9.88. The molecule has 2 aromatic carbocycles. The molecule has 6 heteroatoms. The first-order valence-corrected chi connectivity index (χ1v) is 10.9. The lowest BCUT2D eigenvalue weighted by molar-refractivity contribution is 0.0220. The second kappa shape index (κ2) is 8.17. The lowest BCUT2D eigenvalue weighted by Crippen LogP contribution is -2.55. The molecule has 0 spiro atoms. The van der Waals surface area contributed by atoms with Gasteiger partial charge in [0.15, 0.2) is 0 Å². The molecule has 0 aromatic heterocycles. The van der Waals surface area contributed by atoms with Crippen molar-refractivity contribution < 1.29 is 14.3 Å². The van der Waals surface area contributed by atoms with Crippen molar-refractivity contribution in [1.82, 2.24) is 9.80 Å². The van der Waals surface area contributed by atoms with Crippen LogP contribution in [0.25, 0.3) is 0 Å². The monoisotopic (exact) mass is 423 g/mol. The first-order valence-electron chi connectivity index (χ1n) is 10.9. The van der Waals surface area contributed by atoms with Crippen molar-refractivity contribution in [1.29, 1.82) is 0 Å². The molecule has 2 aliphatic heterocycles. The van der Waals surface area contributed by atoms with Gasteiger partial charge in [-0.15, -0.1) is 0 Å². The average Bonchev–Trinajstić information content (AvgIpc) is 3.03. The smallest absolute Gasteiger partial charge is 0.257 e. The van der Waals surface area contributed by atoms with Crippen LogP contribution in [0, 0.1) is 20.8 Å². The Balaban J connectivity index is 1.43. The van der Waals surface area contributed by atoms with E-state index in [-0.39, 0.29) is 11.9 Å². The molecule has 2 unspecified atom stereocenters. The first kappa shape index (κ1) is 21.7. The molecule has 0 aliphatic carbocycles. The van der Waals surface area contributed by atoms with Gasteiger partial charge in [-0.25, -0.2) is 0 Å². The highest BCUT2D eigenvalue weighted by Gasteiger charge is 2.46. The van der Waals surface area contributed by atoms with Crippen LogP contribution < -0.4 is 15.2 Å². The predicted molar refractivity (Wildman–Crippen MR) is 122 cm³/mol. The van der Waals surface area contributed by atoms with Crippen LogP contribution in [0.15, 0.2) is 30.3 Å². The highest BCUT2D eigenvalue weighted by Crippen LogP contribution is 2.46. The summed E-state index contributed by atoms with van der Waals surface area (Å²) in [5.74, 6) is 1.59. The third-order valence-corrected chi connectivity index (χ3v) is 6.87. The van der Waals surface area contributed by atoms with E-state index in [4.69, 9.17) is 15.2 Å². The van der Waals surface area contributed by atoms with Gasteiger partial charge in [-0.3, -0.25) is 9.69 Å². The summed E-state index contributed by atoms with van der Waals surface area (Å²) in [4.78, 5) is 17.2. The lowest BCUT2D eigenvalue weighted by Gasteiger charge is -2.40. The van der Waals surface area contributed by atoms with Gasteiger partial charge in [-0.2, -0.15) is 0 Å². The highest BCUT2D eigenvalue weighted by molar-refractivity contribution is 5.97.